The van der Waals surface area contributed by atoms with Crippen molar-refractivity contribution in [1.29, 1.82) is 0 Å². The minimum atomic E-state index is -3.39. The fraction of sp³-hybridized carbons (Fsp3) is 0.111. The molecule has 1 amide bonds. The summed E-state index contributed by atoms with van der Waals surface area (Å²) in [6.45, 7) is 0. The predicted octanol–water partition coefficient (Wildman–Crippen LogP) is 4.09. The van der Waals surface area contributed by atoms with Gasteiger partial charge in [-0.15, -0.1) is 0 Å². The second-order valence-electron chi connectivity index (χ2n) is 5.64. The molecule has 0 fully saturated rings. The number of nitrogens with zero attached hydrogens (tertiary/aromatic N) is 3. The molecule has 156 valence electrons. The van der Waals surface area contributed by atoms with Crippen LogP contribution >= 0.6 is 0 Å². The SMILES string of the molecule is O=C(Nc1cnccc1OC(F)C(F)F)c1ccnc(Nc2ccc(F)cc2F)n1. The van der Waals surface area contributed by atoms with Crippen molar-refractivity contribution >= 4 is 23.2 Å². The molecular formula is C18H12F5N5O2. The van der Waals surface area contributed by atoms with Gasteiger partial charge in [-0.25, -0.2) is 27.5 Å². The van der Waals surface area contributed by atoms with Crippen molar-refractivity contribution in [3.05, 3.63) is 66.3 Å². The van der Waals surface area contributed by atoms with Crippen LogP contribution in [-0.2, 0) is 0 Å². The van der Waals surface area contributed by atoms with E-state index in [0.717, 1.165) is 30.6 Å². The Morgan fingerprint density at radius 1 is 1.03 bits per heavy atom. The van der Waals surface area contributed by atoms with Crippen molar-refractivity contribution < 1.29 is 31.5 Å². The van der Waals surface area contributed by atoms with Crippen LogP contribution in [0.3, 0.4) is 0 Å². The third-order valence-electron chi connectivity index (χ3n) is 3.53. The number of ether oxygens (including phenoxy) is 1. The van der Waals surface area contributed by atoms with E-state index in [4.69, 9.17) is 0 Å². The van der Waals surface area contributed by atoms with Gasteiger partial charge in [-0.3, -0.25) is 9.78 Å². The summed E-state index contributed by atoms with van der Waals surface area (Å²) in [5.41, 5.74) is -0.503. The van der Waals surface area contributed by atoms with Crippen molar-refractivity contribution in [3.8, 4) is 5.75 Å². The molecule has 2 N–H and O–H groups in total. The first-order chi connectivity index (χ1) is 14.3. The third-order valence-corrected chi connectivity index (χ3v) is 3.53. The maximum absolute atomic E-state index is 13.7. The number of benzene rings is 1. The van der Waals surface area contributed by atoms with Crippen molar-refractivity contribution in [2.45, 2.75) is 12.8 Å². The van der Waals surface area contributed by atoms with E-state index in [0.29, 0.717) is 6.07 Å². The van der Waals surface area contributed by atoms with Crippen molar-refractivity contribution in [2.75, 3.05) is 10.6 Å². The molecule has 12 heteroatoms. The molecule has 3 aromatic rings. The Bertz CT molecular complexity index is 1050. The van der Waals surface area contributed by atoms with Crippen LogP contribution in [-0.4, -0.2) is 33.6 Å². The molecule has 7 nitrogen and oxygen atoms in total. The summed E-state index contributed by atoms with van der Waals surface area (Å²) in [4.78, 5) is 23.9. The maximum atomic E-state index is 13.7. The van der Waals surface area contributed by atoms with Crippen LogP contribution in [0.15, 0.2) is 48.9 Å². The first-order valence-electron chi connectivity index (χ1n) is 8.23. The summed E-state index contributed by atoms with van der Waals surface area (Å²) < 4.78 is 69.1. The Morgan fingerprint density at radius 3 is 2.57 bits per heavy atom. The lowest BCUT2D eigenvalue weighted by Gasteiger charge is -2.14. The summed E-state index contributed by atoms with van der Waals surface area (Å²) >= 11 is 0. The molecule has 0 radical (unpaired) electrons. The zero-order valence-corrected chi connectivity index (χ0v) is 14.8. The summed E-state index contributed by atoms with van der Waals surface area (Å²) in [7, 11) is 0. The van der Waals surface area contributed by atoms with Crippen LogP contribution < -0.4 is 15.4 Å². The van der Waals surface area contributed by atoms with E-state index < -0.39 is 30.3 Å². The molecule has 3 rings (SSSR count). The Hall–Kier alpha value is -3.83. The summed E-state index contributed by atoms with van der Waals surface area (Å²) in [5.74, 6) is -3.04. The zero-order valence-electron chi connectivity index (χ0n) is 14.8. The molecule has 0 bridgehead atoms. The first kappa shape index (κ1) is 20.9. The fourth-order valence-corrected chi connectivity index (χ4v) is 2.19. The van der Waals surface area contributed by atoms with Gasteiger partial charge >= 0.3 is 6.43 Å². The molecule has 1 unspecified atom stereocenters. The average Bonchev–Trinajstić information content (AvgIpc) is 2.71. The van der Waals surface area contributed by atoms with Gasteiger partial charge < -0.3 is 15.4 Å². The van der Waals surface area contributed by atoms with E-state index in [9.17, 15) is 26.7 Å². The molecule has 2 heterocycles. The van der Waals surface area contributed by atoms with Crippen molar-refractivity contribution in [3.63, 3.8) is 0 Å². The van der Waals surface area contributed by atoms with E-state index in [1.165, 1.54) is 12.3 Å². The largest absolute Gasteiger partial charge is 0.452 e. The van der Waals surface area contributed by atoms with Crippen molar-refractivity contribution in [2.24, 2.45) is 0 Å². The molecule has 1 atom stereocenters. The molecule has 0 aliphatic carbocycles. The monoisotopic (exact) mass is 425 g/mol. The minimum absolute atomic E-state index is 0.127. The lowest BCUT2D eigenvalue weighted by atomic mass is 10.3. The van der Waals surface area contributed by atoms with Crippen LogP contribution in [0.5, 0.6) is 5.75 Å². The summed E-state index contributed by atoms with van der Waals surface area (Å²) in [5, 5.41) is 4.80. The number of amides is 1. The van der Waals surface area contributed by atoms with Gasteiger partial charge in [-0.2, -0.15) is 4.39 Å². The molecule has 2 aromatic heterocycles. The van der Waals surface area contributed by atoms with Gasteiger partial charge in [0.1, 0.15) is 28.8 Å². The van der Waals surface area contributed by atoms with E-state index in [1.54, 1.807) is 0 Å². The molecule has 0 saturated heterocycles. The summed E-state index contributed by atoms with van der Waals surface area (Å²) in [6, 6.07) is 5.10. The van der Waals surface area contributed by atoms with Crippen LogP contribution in [0.4, 0.5) is 39.3 Å². The van der Waals surface area contributed by atoms with E-state index in [-0.39, 0.29) is 28.8 Å². The number of hydrogen-bond donors (Lipinski definition) is 2. The van der Waals surface area contributed by atoms with Gasteiger partial charge in [0.25, 0.3) is 12.3 Å². The van der Waals surface area contributed by atoms with Crippen LogP contribution in [0.2, 0.25) is 0 Å². The van der Waals surface area contributed by atoms with Crippen molar-refractivity contribution in [1.82, 2.24) is 15.0 Å². The number of carbonyl (C=O) groups is 1. The van der Waals surface area contributed by atoms with Crippen LogP contribution in [0.25, 0.3) is 0 Å². The Kier molecular flexibility index (Phi) is 6.35. The Morgan fingerprint density at radius 2 is 1.83 bits per heavy atom. The minimum Gasteiger partial charge on any atom is -0.452 e. The summed E-state index contributed by atoms with van der Waals surface area (Å²) in [6.07, 6.45) is -2.86. The number of alkyl halides is 3. The second-order valence-corrected chi connectivity index (χ2v) is 5.64. The van der Waals surface area contributed by atoms with Gasteiger partial charge in [-0.05, 0) is 18.2 Å². The highest BCUT2D eigenvalue weighted by Gasteiger charge is 2.23. The van der Waals surface area contributed by atoms with E-state index >= 15 is 0 Å². The number of nitrogens with one attached hydrogen (secondary N) is 2. The third kappa shape index (κ3) is 5.16. The first-order valence-corrected chi connectivity index (χ1v) is 8.23. The van der Waals surface area contributed by atoms with E-state index in [2.05, 4.69) is 30.3 Å². The highest BCUT2D eigenvalue weighted by atomic mass is 19.3. The molecular weight excluding hydrogens is 413 g/mol. The van der Waals surface area contributed by atoms with Gasteiger partial charge in [-0.1, -0.05) is 0 Å². The average molecular weight is 425 g/mol. The molecule has 0 aliphatic heterocycles. The van der Waals surface area contributed by atoms with Crippen LogP contribution in [0.1, 0.15) is 10.5 Å². The van der Waals surface area contributed by atoms with Gasteiger partial charge in [0, 0.05) is 24.5 Å². The smallest absolute Gasteiger partial charge is 0.304 e. The standard InChI is InChI=1S/C18H12F5N5O2/c19-9-1-2-11(10(20)7-9)27-18-25-6-3-12(28-18)17(29)26-13-8-24-5-4-14(13)30-16(23)15(21)22/h1-8,15-16H,(H,26,29)(H,25,27,28). The number of aromatic nitrogens is 3. The highest BCUT2D eigenvalue weighted by molar-refractivity contribution is 6.03. The second kappa shape index (κ2) is 9.11. The zero-order chi connectivity index (χ0) is 21.7. The molecule has 0 saturated carbocycles. The quantitative estimate of drug-likeness (QED) is 0.555. The van der Waals surface area contributed by atoms with Gasteiger partial charge in [0.05, 0.1) is 11.9 Å². The molecule has 30 heavy (non-hydrogen) atoms. The number of halogens is 5. The van der Waals surface area contributed by atoms with Crippen LogP contribution in [0, 0.1) is 11.6 Å². The Labute approximate surface area is 166 Å². The lowest BCUT2D eigenvalue weighted by Crippen LogP contribution is -2.21. The number of carbonyl (C=O) groups excluding carboxylic acids is 1. The number of anilines is 3. The lowest BCUT2D eigenvalue weighted by molar-refractivity contribution is -0.0665. The fourth-order valence-electron chi connectivity index (χ4n) is 2.19. The number of rotatable bonds is 7. The number of hydrogen-bond acceptors (Lipinski definition) is 6. The normalized spacial score (nSPS) is 11.8. The van der Waals surface area contributed by atoms with E-state index in [1.807, 2.05) is 0 Å². The molecule has 0 spiro atoms. The maximum Gasteiger partial charge on any atom is 0.304 e. The van der Waals surface area contributed by atoms with Gasteiger partial charge in [0.2, 0.25) is 5.95 Å². The molecule has 0 aliphatic rings. The number of pyridine rings is 1. The topological polar surface area (TPSA) is 89.0 Å². The predicted molar refractivity (Wildman–Crippen MR) is 95.4 cm³/mol. The molecule has 1 aromatic carbocycles. The van der Waals surface area contributed by atoms with Gasteiger partial charge in [0.15, 0.2) is 0 Å². The Balaban J connectivity index is 1.76. The highest BCUT2D eigenvalue weighted by Crippen LogP contribution is 2.26.